The average molecular weight is 399 g/mol. The lowest BCUT2D eigenvalue weighted by Gasteiger charge is -2.32. The summed E-state index contributed by atoms with van der Waals surface area (Å²) in [6, 6.07) is 14.4. The molecule has 2 aromatic rings. The van der Waals surface area contributed by atoms with E-state index in [-0.39, 0.29) is 16.8 Å². The van der Waals surface area contributed by atoms with Crippen molar-refractivity contribution in [3.63, 3.8) is 0 Å². The maximum absolute atomic E-state index is 12.9. The number of benzene rings is 2. The van der Waals surface area contributed by atoms with Gasteiger partial charge in [-0.2, -0.15) is 0 Å². The highest BCUT2D eigenvalue weighted by molar-refractivity contribution is 7.89. The number of nitrogens with one attached hydrogen (secondary N) is 1. The smallest absolute Gasteiger partial charge is 0.253 e. The van der Waals surface area contributed by atoms with Crippen molar-refractivity contribution in [2.24, 2.45) is 0 Å². The molecule has 0 saturated carbocycles. The van der Waals surface area contributed by atoms with E-state index in [0.29, 0.717) is 25.9 Å². The fourth-order valence-electron chi connectivity index (χ4n) is 4.14. The highest BCUT2D eigenvalue weighted by Crippen LogP contribution is 2.24. The van der Waals surface area contributed by atoms with Crippen LogP contribution in [0.15, 0.2) is 53.4 Å². The van der Waals surface area contributed by atoms with E-state index in [2.05, 4.69) is 16.9 Å². The number of hydrogen-bond acceptors (Lipinski definition) is 3. The molecular formula is C22H26N2O3S. The minimum absolute atomic E-state index is 0.0535. The quantitative estimate of drug-likeness (QED) is 0.860. The van der Waals surface area contributed by atoms with Gasteiger partial charge in [0.05, 0.1) is 4.90 Å². The molecular weight excluding hydrogens is 372 g/mol. The van der Waals surface area contributed by atoms with Crippen LogP contribution in [0.5, 0.6) is 0 Å². The molecule has 28 heavy (non-hydrogen) atoms. The number of amides is 1. The number of hydrogen-bond donors (Lipinski definition) is 1. The Morgan fingerprint density at radius 2 is 1.61 bits per heavy atom. The minimum atomic E-state index is -3.51. The van der Waals surface area contributed by atoms with Gasteiger partial charge < -0.3 is 4.90 Å². The van der Waals surface area contributed by atoms with Crippen molar-refractivity contribution in [3.8, 4) is 0 Å². The second-order valence-corrected chi connectivity index (χ2v) is 9.41. The molecule has 1 amide bonds. The highest BCUT2D eigenvalue weighted by atomic mass is 32.2. The number of sulfonamides is 1. The Morgan fingerprint density at radius 1 is 0.929 bits per heavy atom. The Kier molecular flexibility index (Phi) is 5.51. The second kappa shape index (κ2) is 8.05. The van der Waals surface area contributed by atoms with Gasteiger partial charge in [-0.3, -0.25) is 4.79 Å². The van der Waals surface area contributed by atoms with Gasteiger partial charge in [0.25, 0.3) is 5.91 Å². The Hall–Kier alpha value is -2.18. The summed E-state index contributed by atoms with van der Waals surface area (Å²) in [6.45, 7) is 1.13. The monoisotopic (exact) mass is 398 g/mol. The van der Waals surface area contributed by atoms with Crippen LogP contribution in [0.3, 0.4) is 0 Å². The summed E-state index contributed by atoms with van der Waals surface area (Å²) >= 11 is 0. The number of aryl methyl sites for hydroxylation is 2. The summed E-state index contributed by atoms with van der Waals surface area (Å²) in [6.07, 6.45) is 5.84. The third-order valence-electron chi connectivity index (χ3n) is 5.75. The van der Waals surface area contributed by atoms with Crippen molar-refractivity contribution in [1.82, 2.24) is 9.62 Å². The zero-order valence-electron chi connectivity index (χ0n) is 15.9. The Balaban J connectivity index is 1.37. The lowest BCUT2D eigenvalue weighted by Crippen LogP contribution is -2.46. The second-order valence-electron chi connectivity index (χ2n) is 7.69. The average Bonchev–Trinajstić information content (AvgIpc) is 2.74. The summed E-state index contributed by atoms with van der Waals surface area (Å²) < 4.78 is 27.7. The van der Waals surface area contributed by atoms with Gasteiger partial charge in [-0.25, -0.2) is 13.1 Å². The van der Waals surface area contributed by atoms with E-state index < -0.39 is 10.0 Å². The summed E-state index contributed by atoms with van der Waals surface area (Å²) in [4.78, 5) is 15.0. The zero-order chi connectivity index (χ0) is 19.6. The molecule has 0 radical (unpaired) electrons. The van der Waals surface area contributed by atoms with Gasteiger partial charge in [-0.1, -0.05) is 24.3 Å². The largest absolute Gasteiger partial charge is 0.339 e. The molecule has 0 atom stereocenters. The van der Waals surface area contributed by atoms with Crippen molar-refractivity contribution in [2.75, 3.05) is 13.1 Å². The van der Waals surface area contributed by atoms with Gasteiger partial charge in [0.15, 0.2) is 0 Å². The Labute approximate surface area is 166 Å². The highest BCUT2D eigenvalue weighted by Gasteiger charge is 2.27. The van der Waals surface area contributed by atoms with Gasteiger partial charge >= 0.3 is 0 Å². The first-order chi connectivity index (χ1) is 13.5. The van der Waals surface area contributed by atoms with Crippen LogP contribution in [-0.4, -0.2) is 38.4 Å². The van der Waals surface area contributed by atoms with Gasteiger partial charge in [0, 0.05) is 24.7 Å². The van der Waals surface area contributed by atoms with Crippen molar-refractivity contribution < 1.29 is 13.2 Å². The summed E-state index contributed by atoms with van der Waals surface area (Å²) in [5.41, 5.74) is 3.43. The number of rotatable bonds is 4. The summed E-state index contributed by atoms with van der Waals surface area (Å²) in [5, 5.41) is 0. The number of carbonyl (C=O) groups is 1. The molecule has 1 aliphatic carbocycles. The third-order valence-corrected chi connectivity index (χ3v) is 7.29. The number of carbonyl (C=O) groups excluding carboxylic acids is 1. The number of piperidine rings is 1. The van der Waals surface area contributed by atoms with E-state index in [1.807, 2.05) is 11.0 Å². The molecule has 1 heterocycles. The van der Waals surface area contributed by atoms with E-state index in [1.54, 1.807) is 30.3 Å². The first-order valence-electron chi connectivity index (χ1n) is 10.0. The van der Waals surface area contributed by atoms with E-state index in [4.69, 9.17) is 0 Å². The topological polar surface area (TPSA) is 66.5 Å². The van der Waals surface area contributed by atoms with Gasteiger partial charge in [-0.05, 0) is 73.9 Å². The van der Waals surface area contributed by atoms with Crippen LogP contribution < -0.4 is 4.72 Å². The SMILES string of the molecule is O=C(c1ccc2c(c1)CCCC2)N1CCC(NS(=O)(=O)c2ccccc2)CC1. The molecule has 1 fully saturated rings. The van der Waals surface area contributed by atoms with Crippen molar-refractivity contribution in [2.45, 2.75) is 49.5 Å². The molecule has 148 valence electrons. The summed E-state index contributed by atoms with van der Waals surface area (Å²) in [7, 11) is -3.51. The van der Waals surface area contributed by atoms with Crippen LogP contribution in [0.2, 0.25) is 0 Å². The van der Waals surface area contributed by atoms with Gasteiger partial charge in [0.1, 0.15) is 0 Å². The predicted octanol–water partition coefficient (Wildman–Crippen LogP) is 3.15. The van der Waals surface area contributed by atoms with Crippen LogP contribution in [0.4, 0.5) is 0 Å². The van der Waals surface area contributed by atoms with Crippen LogP contribution in [-0.2, 0) is 22.9 Å². The molecule has 6 heteroatoms. The molecule has 0 spiro atoms. The third kappa shape index (κ3) is 4.13. The van der Waals surface area contributed by atoms with E-state index >= 15 is 0 Å². The Bertz CT molecular complexity index is 949. The molecule has 1 N–H and O–H groups in total. The molecule has 0 unspecified atom stereocenters. The van der Waals surface area contributed by atoms with E-state index in [0.717, 1.165) is 18.4 Å². The van der Waals surface area contributed by atoms with Crippen LogP contribution >= 0.6 is 0 Å². The minimum Gasteiger partial charge on any atom is -0.339 e. The zero-order valence-corrected chi connectivity index (χ0v) is 16.7. The molecule has 1 saturated heterocycles. The predicted molar refractivity (Wildman–Crippen MR) is 109 cm³/mol. The molecule has 0 aromatic heterocycles. The van der Waals surface area contributed by atoms with Gasteiger partial charge in [0.2, 0.25) is 10.0 Å². The fourth-order valence-corrected chi connectivity index (χ4v) is 5.46. The number of likely N-dealkylation sites (tertiary alicyclic amines) is 1. The lowest BCUT2D eigenvalue weighted by atomic mass is 9.90. The first-order valence-corrected chi connectivity index (χ1v) is 11.5. The molecule has 4 rings (SSSR count). The number of fused-ring (bicyclic) bond motifs is 1. The number of nitrogens with zero attached hydrogens (tertiary/aromatic N) is 1. The van der Waals surface area contributed by atoms with Crippen LogP contribution in [0.1, 0.15) is 47.2 Å². The van der Waals surface area contributed by atoms with Crippen LogP contribution in [0, 0.1) is 0 Å². The maximum Gasteiger partial charge on any atom is 0.253 e. The molecule has 2 aliphatic rings. The molecule has 1 aliphatic heterocycles. The van der Waals surface area contributed by atoms with Crippen molar-refractivity contribution in [3.05, 3.63) is 65.2 Å². The van der Waals surface area contributed by atoms with E-state index in [1.165, 1.54) is 24.0 Å². The standard InChI is InChI=1S/C22H26N2O3S/c25-22(19-11-10-17-6-4-5-7-18(17)16-19)24-14-12-20(13-15-24)23-28(26,27)21-8-2-1-3-9-21/h1-3,8-11,16,20,23H,4-7,12-15H2. The van der Waals surface area contributed by atoms with Gasteiger partial charge in [-0.15, -0.1) is 0 Å². The van der Waals surface area contributed by atoms with Crippen molar-refractivity contribution >= 4 is 15.9 Å². The lowest BCUT2D eigenvalue weighted by molar-refractivity contribution is 0.0711. The van der Waals surface area contributed by atoms with Crippen LogP contribution in [0.25, 0.3) is 0 Å². The first kappa shape index (κ1) is 19.2. The molecule has 0 bridgehead atoms. The fraction of sp³-hybridized carbons (Fsp3) is 0.409. The molecule has 2 aromatic carbocycles. The van der Waals surface area contributed by atoms with Crippen molar-refractivity contribution in [1.29, 1.82) is 0 Å². The summed E-state index contributed by atoms with van der Waals surface area (Å²) in [5.74, 6) is 0.0535. The Morgan fingerprint density at radius 3 is 2.32 bits per heavy atom. The maximum atomic E-state index is 12.9. The van der Waals surface area contributed by atoms with E-state index in [9.17, 15) is 13.2 Å². The normalized spacial score (nSPS) is 17.9. The molecule has 5 nitrogen and oxygen atoms in total.